The first-order valence-electron chi connectivity index (χ1n) is 7.01. The van der Waals surface area contributed by atoms with E-state index in [4.69, 9.17) is 5.14 Å². The Bertz CT molecular complexity index is 643. The third-order valence-electron chi connectivity index (χ3n) is 3.79. The molecule has 116 valence electrons. The van der Waals surface area contributed by atoms with Crippen LogP contribution in [0.3, 0.4) is 0 Å². The fourth-order valence-corrected chi connectivity index (χ4v) is 2.85. The minimum absolute atomic E-state index is 0.0884. The fraction of sp³-hybridized carbons (Fsp3) is 0.500. The molecular weight excluding hydrogens is 290 g/mol. The highest BCUT2D eigenvalue weighted by Crippen LogP contribution is 2.22. The number of rotatable bonds is 3. The van der Waals surface area contributed by atoms with Crippen LogP contribution in [0.1, 0.15) is 31.4 Å². The van der Waals surface area contributed by atoms with Crippen molar-refractivity contribution < 1.29 is 13.2 Å². The van der Waals surface area contributed by atoms with Crippen molar-refractivity contribution in [3.05, 3.63) is 29.3 Å². The van der Waals surface area contributed by atoms with Gasteiger partial charge >= 0.3 is 6.03 Å². The van der Waals surface area contributed by atoms with Gasteiger partial charge in [0, 0.05) is 19.1 Å². The highest BCUT2D eigenvalue weighted by Gasteiger charge is 2.22. The summed E-state index contributed by atoms with van der Waals surface area (Å²) in [5.41, 5.74) is 1.90. The van der Waals surface area contributed by atoms with Crippen LogP contribution in [0.4, 0.5) is 4.79 Å². The zero-order valence-corrected chi connectivity index (χ0v) is 13.1. The molecule has 1 heterocycles. The molecule has 21 heavy (non-hydrogen) atoms. The first kappa shape index (κ1) is 15.8. The summed E-state index contributed by atoms with van der Waals surface area (Å²) in [6, 6.07) is 4.86. The van der Waals surface area contributed by atoms with Crippen molar-refractivity contribution in [3.63, 3.8) is 0 Å². The number of hydrogen-bond acceptors (Lipinski definition) is 3. The number of nitrogens with two attached hydrogens (primary N) is 1. The summed E-state index contributed by atoms with van der Waals surface area (Å²) in [5, 5.41) is 8.07. The summed E-state index contributed by atoms with van der Waals surface area (Å²) >= 11 is 0. The Morgan fingerprint density at radius 1 is 1.43 bits per heavy atom. The maximum atomic E-state index is 12.1. The number of amides is 2. The molecule has 0 spiro atoms. The molecule has 0 saturated heterocycles. The molecule has 0 saturated carbocycles. The van der Waals surface area contributed by atoms with E-state index in [0.29, 0.717) is 19.5 Å². The van der Waals surface area contributed by atoms with E-state index in [1.54, 1.807) is 17.0 Å². The number of benzene rings is 1. The van der Waals surface area contributed by atoms with Gasteiger partial charge < -0.3 is 10.2 Å². The number of sulfonamides is 1. The average molecular weight is 311 g/mol. The predicted octanol–water partition coefficient (Wildman–Crippen LogP) is 1.20. The molecule has 1 aliphatic heterocycles. The SMILES string of the molecule is CCC(C)NC(=O)N1CCc2ccc(S(N)(=O)=O)cc2C1. The van der Waals surface area contributed by atoms with Crippen LogP contribution in [0.2, 0.25) is 0 Å². The number of fused-ring (bicyclic) bond motifs is 1. The van der Waals surface area contributed by atoms with Crippen LogP contribution in [-0.4, -0.2) is 31.9 Å². The van der Waals surface area contributed by atoms with Crippen LogP contribution in [0.25, 0.3) is 0 Å². The standard InChI is InChI=1S/C14H21N3O3S/c1-3-10(2)16-14(18)17-7-6-11-4-5-13(21(15,19)20)8-12(11)9-17/h4-5,8,10H,3,6-7,9H2,1-2H3,(H,16,18)(H2,15,19,20). The molecule has 0 aromatic heterocycles. The molecule has 1 atom stereocenters. The monoisotopic (exact) mass is 311 g/mol. The summed E-state index contributed by atoms with van der Waals surface area (Å²) < 4.78 is 22.8. The Morgan fingerprint density at radius 3 is 2.76 bits per heavy atom. The Kier molecular flexibility index (Phi) is 4.53. The number of primary sulfonamides is 1. The lowest BCUT2D eigenvalue weighted by molar-refractivity contribution is 0.188. The van der Waals surface area contributed by atoms with Gasteiger partial charge in [-0.25, -0.2) is 18.4 Å². The third kappa shape index (κ3) is 3.74. The first-order valence-corrected chi connectivity index (χ1v) is 8.56. The molecule has 6 nitrogen and oxygen atoms in total. The molecule has 7 heteroatoms. The normalized spacial score (nSPS) is 16.2. The van der Waals surface area contributed by atoms with Gasteiger partial charge in [0.05, 0.1) is 4.90 Å². The number of nitrogens with zero attached hydrogens (tertiary/aromatic N) is 1. The van der Waals surface area contributed by atoms with E-state index in [1.165, 1.54) is 6.07 Å². The van der Waals surface area contributed by atoms with Gasteiger partial charge in [0.2, 0.25) is 10.0 Å². The molecule has 2 rings (SSSR count). The van der Waals surface area contributed by atoms with E-state index in [0.717, 1.165) is 17.5 Å². The molecule has 0 bridgehead atoms. The van der Waals surface area contributed by atoms with Crippen molar-refractivity contribution in [2.45, 2.75) is 44.2 Å². The van der Waals surface area contributed by atoms with Crippen molar-refractivity contribution in [2.24, 2.45) is 5.14 Å². The smallest absolute Gasteiger partial charge is 0.317 e. The molecule has 2 amide bonds. The van der Waals surface area contributed by atoms with Crippen LogP contribution < -0.4 is 10.5 Å². The molecule has 3 N–H and O–H groups in total. The van der Waals surface area contributed by atoms with Crippen LogP contribution in [0, 0.1) is 0 Å². The number of nitrogens with one attached hydrogen (secondary N) is 1. The van der Waals surface area contributed by atoms with E-state index >= 15 is 0 Å². The second-order valence-corrected chi connectivity index (χ2v) is 6.97. The number of hydrogen-bond donors (Lipinski definition) is 2. The second kappa shape index (κ2) is 6.03. The van der Waals surface area contributed by atoms with Crippen molar-refractivity contribution in [3.8, 4) is 0 Å². The van der Waals surface area contributed by atoms with Crippen LogP contribution in [-0.2, 0) is 23.0 Å². The lowest BCUT2D eigenvalue weighted by atomic mass is 10.0. The van der Waals surface area contributed by atoms with Crippen molar-refractivity contribution in [1.82, 2.24) is 10.2 Å². The molecule has 1 aromatic carbocycles. The highest BCUT2D eigenvalue weighted by atomic mass is 32.2. The van der Waals surface area contributed by atoms with E-state index < -0.39 is 10.0 Å². The summed E-state index contributed by atoms with van der Waals surface area (Å²) in [5.74, 6) is 0. The largest absolute Gasteiger partial charge is 0.336 e. The Balaban J connectivity index is 2.17. The third-order valence-corrected chi connectivity index (χ3v) is 4.70. The van der Waals surface area contributed by atoms with Gasteiger partial charge in [-0.15, -0.1) is 0 Å². The zero-order valence-electron chi connectivity index (χ0n) is 12.3. The second-order valence-electron chi connectivity index (χ2n) is 5.41. The maximum Gasteiger partial charge on any atom is 0.317 e. The van der Waals surface area contributed by atoms with Gasteiger partial charge in [0.1, 0.15) is 0 Å². The van der Waals surface area contributed by atoms with Crippen LogP contribution >= 0.6 is 0 Å². The lowest BCUT2D eigenvalue weighted by Crippen LogP contribution is -2.45. The van der Waals surface area contributed by atoms with Crippen molar-refractivity contribution in [1.29, 1.82) is 0 Å². The molecule has 0 radical (unpaired) electrons. The summed E-state index contributed by atoms with van der Waals surface area (Å²) in [6.07, 6.45) is 1.58. The Labute approximate surface area is 125 Å². The summed E-state index contributed by atoms with van der Waals surface area (Å²) in [7, 11) is -3.72. The average Bonchev–Trinajstić information content (AvgIpc) is 2.44. The Hall–Kier alpha value is -1.60. The van der Waals surface area contributed by atoms with E-state index in [9.17, 15) is 13.2 Å². The van der Waals surface area contributed by atoms with E-state index in [2.05, 4.69) is 5.32 Å². The summed E-state index contributed by atoms with van der Waals surface area (Å²) in [4.78, 5) is 13.9. The quantitative estimate of drug-likeness (QED) is 0.878. The van der Waals surface area contributed by atoms with Gasteiger partial charge in [-0.05, 0) is 43.0 Å². The molecule has 0 fully saturated rings. The zero-order chi connectivity index (χ0) is 15.6. The summed E-state index contributed by atoms with van der Waals surface area (Å²) in [6.45, 7) is 4.99. The number of urea groups is 1. The molecule has 1 aromatic rings. The minimum Gasteiger partial charge on any atom is -0.336 e. The van der Waals surface area contributed by atoms with Crippen LogP contribution in [0.5, 0.6) is 0 Å². The minimum atomic E-state index is -3.72. The highest BCUT2D eigenvalue weighted by molar-refractivity contribution is 7.89. The van der Waals surface area contributed by atoms with Crippen molar-refractivity contribution >= 4 is 16.1 Å². The van der Waals surface area contributed by atoms with Gasteiger partial charge in [-0.1, -0.05) is 13.0 Å². The van der Waals surface area contributed by atoms with Crippen molar-refractivity contribution in [2.75, 3.05) is 6.54 Å². The molecule has 0 aliphatic carbocycles. The molecular formula is C14H21N3O3S. The molecule has 1 aliphatic rings. The predicted molar refractivity (Wildman–Crippen MR) is 80.2 cm³/mol. The topological polar surface area (TPSA) is 92.5 Å². The fourth-order valence-electron chi connectivity index (χ4n) is 2.29. The van der Waals surface area contributed by atoms with Crippen LogP contribution in [0.15, 0.2) is 23.1 Å². The number of carbonyl (C=O) groups excluding carboxylic acids is 1. The lowest BCUT2D eigenvalue weighted by Gasteiger charge is -2.30. The van der Waals surface area contributed by atoms with Gasteiger partial charge in [0.15, 0.2) is 0 Å². The van der Waals surface area contributed by atoms with Gasteiger partial charge in [-0.2, -0.15) is 0 Å². The Morgan fingerprint density at radius 2 is 2.14 bits per heavy atom. The van der Waals surface area contributed by atoms with Gasteiger partial charge in [-0.3, -0.25) is 0 Å². The van der Waals surface area contributed by atoms with Gasteiger partial charge in [0.25, 0.3) is 0 Å². The molecule has 1 unspecified atom stereocenters. The van der Waals surface area contributed by atoms with E-state index in [-0.39, 0.29) is 17.0 Å². The maximum absolute atomic E-state index is 12.1. The number of carbonyl (C=O) groups is 1. The van der Waals surface area contributed by atoms with E-state index in [1.807, 2.05) is 13.8 Å². The first-order chi connectivity index (χ1) is 9.81.